The predicted octanol–water partition coefficient (Wildman–Crippen LogP) is 1.61. The van der Waals surface area contributed by atoms with Crippen LogP contribution < -0.4 is 5.32 Å². The van der Waals surface area contributed by atoms with E-state index in [4.69, 9.17) is 4.74 Å². The van der Waals surface area contributed by atoms with Gasteiger partial charge in [0.1, 0.15) is 0 Å². The molecule has 4 nitrogen and oxygen atoms in total. The topological polar surface area (TPSA) is 41.6 Å². The van der Waals surface area contributed by atoms with Crippen molar-refractivity contribution in [3.05, 3.63) is 0 Å². The Morgan fingerprint density at radius 1 is 1.53 bits per heavy atom. The van der Waals surface area contributed by atoms with E-state index in [0.717, 1.165) is 25.8 Å². The highest BCUT2D eigenvalue weighted by Gasteiger charge is 2.36. The number of unbranched alkanes of at least 4 members (excludes halogenated alkanes) is 1. The zero-order chi connectivity index (χ0) is 12.8. The van der Waals surface area contributed by atoms with Crippen LogP contribution in [0.4, 0.5) is 0 Å². The van der Waals surface area contributed by atoms with E-state index >= 15 is 0 Å². The molecule has 100 valence electrons. The minimum atomic E-state index is 0.0275. The van der Waals surface area contributed by atoms with Gasteiger partial charge in [-0.3, -0.25) is 10.1 Å². The van der Waals surface area contributed by atoms with Crippen molar-refractivity contribution < 1.29 is 9.53 Å². The van der Waals surface area contributed by atoms with E-state index in [1.54, 1.807) is 7.11 Å². The molecule has 4 heteroatoms. The van der Waals surface area contributed by atoms with Crippen LogP contribution in [-0.2, 0) is 9.53 Å². The van der Waals surface area contributed by atoms with Crippen LogP contribution in [0.3, 0.4) is 0 Å². The molecule has 1 saturated heterocycles. The van der Waals surface area contributed by atoms with Crippen LogP contribution in [0.2, 0.25) is 0 Å². The summed E-state index contributed by atoms with van der Waals surface area (Å²) in [7, 11) is 1.70. The number of ether oxygens (including phenoxy) is 1. The van der Waals surface area contributed by atoms with Gasteiger partial charge < -0.3 is 9.64 Å². The molecule has 1 rings (SSSR count). The molecule has 0 spiro atoms. The molecule has 1 heterocycles. The van der Waals surface area contributed by atoms with Gasteiger partial charge in [0, 0.05) is 13.7 Å². The van der Waals surface area contributed by atoms with Crippen molar-refractivity contribution in [3.8, 4) is 0 Å². The molecule has 1 amide bonds. The summed E-state index contributed by atoms with van der Waals surface area (Å²) in [6, 6.07) is 0.0275. The third kappa shape index (κ3) is 3.96. The second-order valence-corrected chi connectivity index (χ2v) is 5.09. The SMILES string of the molecule is CCCCC1NC(C)N(CC(C)COC)C1=O. The van der Waals surface area contributed by atoms with Crippen molar-refractivity contribution in [3.63, 3.8) is 0 Å². The zero-order valence-electron chi connectivity index (χ0n) is 11.5. The molecular weight excluding hydrogens is 216 g/mol. The van der Waals surface area contributed by atoms with Crippen LogP contribution >= 0.6 is 0 Å². The lowest BCUT2D eigenvalue weighted by Gasteiger charge is -2.24. The molecule has 0 radical (unpaired) electrons. The average Bonchev–Trinajstić information content (AvgIpc) is 2.54. The fourth-order valence-electron chi connectivity index (χ4n) is 2.38. The summed E-state index contributed by atoms with van der Waals surface area (Å²) in [6.07, 6.45) is 3.36. The minimum Gasteiger partial charge on any atom is -0.384 e. The number of nitrogens with zero attached hydrogens (tertiary/aromatic N) is 1. The molecule has 1 fully saturated rings. The van der Waals surface area contributed by atoms with Gasteiger partial charge in [-0.05, 0) is 19.3 Å². The van der Waals surface area contributed by atoms with Crippen LogP contribution in [0.5, 0.6) is 0 Å². The van der Waals surface area contributed by atoms with Gasteiger partial charge >= 0.3 is 0 Å². The van der Waals surface area contributed by atoms with Crippen molar-refractivity contribution in [1.29, 1.82) is 0 Å². The summed E-state index contributed by atoms with van der Waals surface area (Å²) in [6.45, 7) is 7.81. The lowest BCUT2D eigenvalue weighted by molar-refractivity contribution is -0.130. The molecular formula is C13H26N2O2. The molecule has 0 aliphatic carbocycles. The van der Waals surface area contributed by atoms with Crippen LogP contribution in [0.1, 0.15) is 40.0 Å². The lowest BCUT2D eigenvalue weighted by Crippen LogP contribution is -2.38. The van der Waals surface area contributed by atoms with Gasteiger partial charge in [0.25, 0.3) is 0 Å². The third-order valence-electron chi connectivity index (χ3n) is 3.30. The Morgan fingerprint density at radius 3 is 2.82 bits per heavy atom. The molecule has 3 unspecified atom stereocenters. The molecule has 0 aromatic carbocycles. The normalized spacial score (nSPS) is 26.6. The lowest BCUT2D eigenvalue weighted by atomic mass is 10.1. The number of nitrogens with one attached hydrogen (secondary N) is 1. The van der Waals surface area contributed by atoms with Gasteiger partial charge in [0.05, 0.1) is 18.8 Å². The maximum atomic E-state index is 12.2. The molecule has 0 saturated carbocycles. The van der Waals surface area contributed by atoms with E-state index in [2.05, 4.69) is 26.1 Å². The monoisotopic (exact) mass is 242 g/mol. The van der Waals surface area contributed by atoms with Crippen molar-refractivity contribution >= 4 is 5.91 Å². The highest BCUT2D eigenvalue weighted by atomic mass is 16.5. The molecule has 1 aliphatic heterocycles. The van der Waals surface area contributed by atoms with E-state index in [9.17, 15) is 4.79 Å². The maximum Gasteiger partial charge on any atom is 0.241 e. The van der Waals surface area contributed by atoms with Crippen molar-refractivity contribution in [2.75, 3.05) is 20.3 Å². The summed E-state index contributed by atoms with van der Waals surface area (Å²) < 4.78 is 5.12. The Morgan fingerprint density at radius 2 is 2.24 bits per heavy atom. The first kappa shape index (κ1) is 14.5. The van der Waals surface area contributed by atoms with Gasteiger partial charge in [0.15, 0.2) is 0 Å². The Balaban J connectivity index is 2.47. The van der Waals surface area contributed by atoms with Crippen LogP contribution in [0.15, 0.2) is 0 Å². The predicted molar refractivity (Wildman–Crippen MR) is 68.7 cm³/mol. The fraction of sp³-hybridized carbons (Fsp3) is 0.923. The van der Waals surface area contributed by atoms with E-state index in [1.165, 1.54) is 0 Å². The second kappa shape index (κ2) is 6.97. The van der Waals surface area contributed by atoms with Crippen molar-refractivity contribution in [1.82, 2.24) is 10.2 Å². The number of carbonyl (C=O) groups excluding carboxylic acids is 1. The van der Waals surface area contributed by atoms with E-state index in [1.807, 2.05) is 4.90 Å². The number of rotatable bonds is 7. The minimum absolute atomic E-state index is 0.0275. The Bertz CT molecular complexity index is 246. The first-order valence-corrected chi connectivity index (χ1v) is 6.65. The molecule has 1 N–H and O–H groups in total. The molecule has 0 aromatic rings. The van der Waals surface area contributed by atoms with Crippen LogP contribution in [-0.4, -0.2) is 43.3 Å². The van der Waals surface area contributed by atoms with Crippen molar-refractivity contribution in [2.45, 2.75) is 52.2 Å². The Hall–Kier alpha value is -0.610. The highest BCUT2D eigenvalue weighted by Crippen LogP contribution is 2.16. The van der Waals surface area contributed by atoms with Gasteiger partial charge in [-0.25, -0.2) is 0 Å². The number of hydrogen-bond acceptors (Lipinski definition) is 3. The molecule has 17 heavy (non-hydrogen) atoms. The standard InChI is InChI=1S/C13H26N2O2/c1-5-6-7-12-13(16)15(11(3)14-12)8-10(2)9-17-4/h10-12,14H,5-9H2,1-4H3. The number of methoxy groups -OCH3 is 1. The molecule has 1 aliphatic rings. The Labute approximate surface area is 105 Å². The van der Waals surface area contributed by atoms with Crippen molar-refractivity contribution in [2.24, 2.45) is 5.92 Å². The number of amides is 1. The maximum absolute atomic E-state index is 12.2. The largest absolute Gasteiger partial charge is 0.384 e. The molecule has 0 bridgehead atoms. The van der Waals surface area contributed by atoms with E-state index < -0.39 is 0 Å². The highest BCUT2D eigenvalue weighted by molar-refractivity contribution is 5.84. The van der Waals surface area contributed by atoms with Crippen LogP contribution in [0.25, 0.3) is 0 Å². The van der Waals surface area contributed by atoms with E-state index in [-0.39, 0.29) is 18.1 Å². The van der Waals surface area contributed by atoms with Crippen LogP contribution in [0, 0.1) is 5.92 Å². The first-order chi connectivity index (χ1) is 8.10. The molecule has 0 aromatic heterocycles. The zero-order valence-corrected chi connectivity index (χ0v) is 11.5. The fourth-order valence-corrected chi connectivity index (χ4v) is 2.38. The summed E-state index contributed by atoms with van der Waals surface area (Å²) in [5.74, 6) is 0.645. The summed E-state index contributed by atoms with van der Waals surface area (Å²) >= 11 is 0. The van der Waals surface area contributed by atoms with E-state index in [0.29, 0.717) is 12.5 Å². The van der Waals surface area contributed by atoms with Gasteiger partial charge in [0.2, 0.25) is 5.91 Å². The molecule has 3 atom stereocenters. The summed E-state index contributed by atoms with van der Waals surface area (Å²) in [4.78, 5) is 14.1. The van der Waals surface area contributed by atoms with Gasteiger partial charge in [-0.1, -0.05) is 26.7 Å². The summed E-state index contributed by atoms with van der Waals surface area (Å²) in [5.41, 5.74) is 0. The quantitative estimate of drug-likeness (QED) is 0.737. The van der Waals surface area contributed by atoms with Gasteiger partial charge in [-0.2, -0.15) is 0 Å². The summed E-state index contributed by atoms with van der Waals surface area (Å²) in [5, 5.41) is 3.37. The third-order valence-corrected chi connectivity index (χ3v) is 3.30. The smallest absolute Gasteiger partial charge is 0.241 e. The first-order valence-electron chi connectivity index (χ1n) is 6.65. The Kier molecular flexibility index (Phi) is 5.92. The van der Waals surface area contributed by atoms with Gasteiger partial charge in [-0.15, -0.1) is 0 Å². The average molecular weight is 242 g/mol. The second-order valence-electron chi connectivity index (χ2n) is 5.09. The number of carbonyl (C=O) groups is 1. The number of hydrogen-bond donors (Lipinski definition) is 1.